The number of carbonyl (C=O) groups is 3. The van der Waals surface area contributed by atoms with Crippen molar-refractivity contribution < 1.29 is 34.1 Å². The molecular weight excluding hydrogens is 574 g/mol. The summed E-state index contributed by atoms with van der Waals surface area (Å²) in [6.45, 7) is 2.98. The van der Waals surface area contributed by atoms with Crippen LogP contribution in [0.15, 0.2) is 78.9 Å². The summed E-state index contributed by atoms with van der Waals surface area (Å²) in [5, 5.41) is 22.1. The van der Waals surface area contributed by atoms with Crippen molar-refractivity contribution in [2.24, 2.45) is 5.92 Å². The van der Waals surface area contributed by atoms with Crippen LogP contribution in [0.5, 0.6) is 5.75 Å². The van der Waals surface area contributed by atoms with Crippen LogP contribution in [-0.2, 0) is 39.4 Å². The Kier molecular flexibility index (Phi) is 8.35. The predicted octanol–water partition coefficient (Wildman–Crippen LogP) is 3.91. The molecule has 0 unspecified atom stereocenters. The molecule has 10 heteroatoms. The number of ether oxygens (including phenoxy) is 2. The molecule has 0 radical (unpaired) electrons. The minimum Gasteiger partial charge on any atom is -0.497 e. The molecule has 3 atom stereocenters. The monoisotopic (exact) mass is 611 g/mol. The normalized spacial score (nSPS) is 21.6. The zero-order valence-electron chi connectivity index (χ0n) is 25.4. The Balaban J connectivity index is 1.22. The number of methoxy groups -OCH3 is 1. The molecule has 45 heavy (non-hydrogen) atoms. The molecular formula is C35H37N3O7. The Hall–Kier alpha value is -4.67. The minimum atomic E-state index is -1.91. The van der Waals surface area contributed by atoms with Gasteiger partial charge in [0.2, 0.25) is 5.91 Å². The molecule has 1 fully saturated rings. The van der Waals surface area contributed by atoms with Crippen LogP contribution in [0.25, 0.3) is 0 Å². The highest BCUT2D eigenvalue weighted by Gasteiger charge is 2.52. The second kappa shape index (κ2) is 12.4. The molecule has 3 heterocycles. The van der Waals surface area contributed by atoms with Crippen LogP contribution in [-0.4, -0.2) is 65.9 Å². The number of benzene rings is 3. The first-order valence-corrected chi connectivity index (χ1v) is 15.1. The van der Waals surface area contributed by atoms with E-state index in [4.69, 9.17) is 9.47 Å². The zero-order chi connectivity index (χ0) is 31.7. The van der Waals surface area contributed by atoms with Gasteiger partial charge in [0.15, 0.2) is 5.60 Å². The molecule has 1 saturated heterocycles. The first kappa shape index (κ1) is 30.4. The fourth-order valence-electron chi connectivity index (χ4n) is 6.52. The third kappa shape index (κ3) is 5.55. The van der Waals surface area contributed by atoms with Crippen molar-refractivity contribution in [3.8, 4) is 5.75 Å². The standard InChI is InChI=1S/C35H37N3O7/c1-23(7-5-12-32(40)37-21-26-10-4-3-9-25(26)18-28(37)22-39)35(43)30-19-29(44-2)13-14-31(30)38(33(35)41)20-24-8-6-11-27(17-24)36-15-16-45-34(36)42/h3-11,13-14,17,19,23,28,39,43H,12,15-16,18,20-22H2,1-2H3/b7-5+/t23-,28+,35+/m1/s1. The third-order valence-corrected chi connectivity index (χ3v) is 9.06. The van der Waals surface area contributed by atoms with E-state index in [1.807, 2.05) is 48.5 Å². The van der Waals surface area contributed by atoms with Gasteiger partial charge >= 0.3 is 6.09 Å². The molecule has 3 aromatic rings. The average molecular weight is 612 g/mol. The second-order valence-electron chi connectivity index (χ2n) is 11.7. The van der Waals surface area contributed by atoms with Gasteiger partial charge < -0.3 is 29.5 Å². The summed E-state index contributed by atoms with van der Waals surface area (Å²) in [5.41, 5.74) is 2.73. The van der Waals surface area contributed by atoms with E-state index in [0.29, 0.717) is 48.8 Å². The summed E-state index contributed by atoms with van der Waals surface area (Å²) in [6, 6.07) is 20.1. The van der Waals surface area contributed by atoms with E-state index >= 15 is 0 Å². The Labute approximate surface area is 262 Å². The number of rotatable bonds is 9. The summed E-state index contributed by atoms with van der Waals surface area (Å²) in [4.78, 5) is 44.3. The van der Waals surface area contributed by atoms with E-state index in [2.05, 4.69) is 0 Å². The number of aliphatic hydroxyl groups is 2. The lowest BCUT2D eigenvalue weighted by Crippen LogP contribution is -2.46. The fraction of sp³-hybridized carbons (Fsp3) is 0.343. The van der Waals surface area contributed by atoms with E-state index in [-0.39, 0.29) is 31.5 Å². The van der Waals surface area contributed by atoms with Crippen molar-refractivity contribution in [3.05, 3.63) is 101 Å². The lowest BCUT2D eigenvalue weighted by atomic mass is 9.82. The summed E-state index contributed by atoms with van der Waals surface area (Å²) in [6.07, 6.45) is 3.63. The summed E-state index contributed by atoms with van der Waals surface area (Å²) < 4.78 is 10.5. The molecule has 0 bridgehead atoms. The summed E-state index contributed by atoms with van der Waals surface area (Å²) >= 11 is 0. The van der Waals surface area contributed by atoms with E-state index in [9.17, 15) is 24.6 Å². The van der Waals surface area contributed by atoms with Crippen LogP contribution in [0.4, 0.5) is 16.2 Å². The van der Waals surface area contributed by atoms with Crippen LogP contribution in [0.1, 0.15) is 35.6 Å². The first-order chi connectivity index (χ1) is 21.7. The Bertz CT molecular complexity index is 1660. The number of fused-ring (bicyclic) bond motifs is 2. The molecule has 6 rings (SSSR count). The smallest absolute Gasteiger partial charge is 0.414 e. The molecule has 0 aromatic heterocycles. The molecule has 3 aliphatic heterocycles. The zero-order valence-corrected chi connectivity index (χ0v) is 25.4. The highest BCUT2D eigenvalue weighted by molar-refractivity contribution is 6.07. The van der Waals surface area contributed by atoms with Crippen molar-refractivity contribution in [2.45, 2.75) is 44.5 Å². The van der Waals surface area contributed by atoms with Crippen LogP contribution in [0, 0.1) is 5.92 Å². The van der Waals surface area contributed by atoms with Crippen molar-refractivity contribution in [1.82, 2.24) is 4.90 Å². The molecule has 0 spiro atoms. The SMILES string of the molecule is COc1ccc2c(c1)[C@@](O)([C@H](C)/C=C/CC(=O)N1Cc3ccccc3C[C@H]1CO)C(=O)N2Cc1cccc(N2CCOC2=O)c1. The Morgan fingerprint density at radius 3 is 2.64 bits per heavy atom. The van der Waals surface area contributed by atoms with Crippen LogP contribution < -0.4 is 14.5 Å². The lowest BCUT2D eigenvalue weighted by Gasteiger charge is -2.36. The largest absolute Gasteiger partial charge is 0.497 e. The van der Waals surface area contributed by atoms with Gasteiger partial charge in [-0.2, -0.15) is 0 Å². The summed E-state index contributed by atoms with van der Waals surface area (Å²) in [5.74, 6) is -0.811. The molecule has 3 aliphatic rings. The van der Waals surface area contributed by atoms with Gasteiger partial charge in [0.25, 0.3) is 5.91 Å². The Morgan fingerprint density at radius 1 is 1.11 bits per heavy atom. The first-order valence-electron chi connectivity index (χ1n) is 15.1. The number of carbonyl (C=O) groups excluding carboxylic acids is 3. The molecule has 0 aliphatic carbocycles. The van der Waals surface area contributed by atoms with E-state index in [1.165, 1.54) is 7.11 Å². The highest BCUT2D eigenvalue weighted by Crippen LogP contribution is 2.47. The number of nitrogens with zero attached hydrogens (tertiary/aromatic N) is 3. The number of amides is 3. The van der Waals surface area contributed by atoms with E-state index < -0.39 is 23.5 Å². The number of hydrogen-bond acceptors (Lipinski definition) is 7. The minimum absolute atomic E-state index is 0.0632. The molecule has 3 aromatic carbocycles. The van der Waals surface area contributed by atoms with E-state index in [0.717, 1.165) is 16.7 Å². The molecule has 0 saturated carbocycles. The van der Waals surface area contributed by atoms with E-state index in [1.54, 1.807) is 52.0 Å². The van der Waals surface area contributed by atoms with Crippen LogP contribution in [0.3, 0.4) is 0 Å². The van der Waals surface area contributed by atoms with Crippen molar-refractivity contribution >= 4 is 29.3 Å². The van der Waals surface area contributed by atoms with Gasteiger partial charge in [-0.1, -0.05) is 55.5 Å². The maximum Gasteiger partial charge on any atom is 0.414 e. The number of hydrogen-bond donors (Lipinski definition) is 2. The quantitative estimate of drug-likeness (QED) is 0.352. The predicted molar refractivity (Wildman–Crippen MR) is 168 cm³/mol. The van der Waals surface area contributed by atoms with Crippen LogP contribution in [0.2, 0.25) is 0 Å². The fourth-order valence-corrected chi connectivity index (χ4v) is 6.52. The molecule has 10 nitrogen and oxygen atoms in total. The van der Waals surface area contributed by atoms with Gasteiger partial charge in [0.1, 0.15) is 12.4 Å². The van der Waals surface area contributed by atoms with Crippen molar-refractivity contribution in [2.75, 3.05) is 36.7 Å². The van der Waals surface area contributed by atoms with Gasteiger partial charge in [0, 0.05) is 30.1 Å². The lowest BCUT2D eigenvalue weighted by molar-refractivity contribution is -0.139. The number of anilines is 2. The molecule has 2 N–H and O–H groups in total. The van der Waals surface area contributed by atoms with Crippen LogP contribution >= 0.6 is 0 Å². The van der Waals surface area contributed by atoms with Crippen molar-refractivity contribution in [3.63, 3.8) is 0 Å². The topological polar surface area (TPSA) is 120 Å². The maximum absolute atomic E-state index is 14.1. The van der Waals surface area contributed by atoms with Gasteiger partial charge in [0.05, 0.1) is 38.5 Å². The molecule has 3 amide bonds. The van der Waals surface area contributed by atoms with Crippen molar-refractivity contribution in [1.29, 1.82) is 0 Å². The molecule has 234 valence electrons. The highest BCUT2D eigenvalue weighted by atomic mass is 16.6. The van der Waals surface area contributed by atoms with Gasteiger partial charge in [-0.05, 0) is 53.4 Å². The second-order valence-corrected chi connectivity index (χ2v) is 11.7. The summed E-state index contributed by atoms with van der Waals surface area (Å²) in [7, 11) is 1.53. The average Bonchev–Trinajstić information content (AvgIpc) is 3.59. The number of aliphatic hydroxyl groups excluding tert-OH is 1. The Morgan fingerprint density at radius 2 is 1.91 bits per heavy atom. The third-order valence-electron chi connectivity index (χ3n) is 9.06. The van der Waals surface area contributed by atoms with Gasteiger partial charge in [-0.25, -0.2) is 4.79 Å². The van der Waals surface area contributed by atoms with Gasteiger partial charge in [-0.15, -0.1) is 0 Å². The van der Waals surface area contributed by atoms with Gasteiger partial charge in [-0.3, -0.25) is 14.5 Å². The number of cyclic esters (lactones) is 1. The maximum atomic E-state index is 14.1.